The van der Waals surface area contributed by atoms with E-state index in [4.69, 9.17) is 5.73 Å². The van der Waals surface area contributed by atoms with Crippen LogP contribution in [0.15, 0.2) is 18.3 Å². The number of halogens is 2. The Balaban J connectivity index is 2.52. The standard InChI is InChI=1S/C11H12F2N4/c1-2-3-17-11(6-15-16-17)7-4-9(13)10(14)5-8(7)12/h4-6H,2-3,14H2,1H3. The van der Waals surface area contributed by atoms with Crippen molar-refractivity contribution in [3.8, 4) is 11.3 Å². The van der Waals surface area contributed by atoms with E-state index in [1.165, 1.54) is 10.9 Å². The van der Waals surface area contributed by atoms with Crippen LogP contribution >= 0.6 is 0 Å². The minimum absolute atomic E-state index is 0.121. The zero-order chi connectivity index (χ0) is 12.4. The summed E-state index contributed by atoms with van der Waals surface area (Å²) in [5.41, 5.74) is 5.65. The Labute approximate surface area is 97.0 Å². The van der Waals surface area contributed by atoms with Crippen molar-refractivity contribution in [1.29, 1.82) is 0 Å². The van der Waals surface area contributed by atoms with E-state index in [-0.39, 0.29) is 11.3 Å². The summed E-state index contributed by atoms with van der Waals surface area (Å²) in [6.07, 6.45) is 2.24. The number of nitrogen functional groups attached to an aromatic ring is 1. The van der Waals surface area contributed by atoms with Gasteiger partial charge in [-0.05, 0) is 12.5 Å². The molecule has 1 aromatic heterocycles. The van der Waals surface area contributed by atoms with Crippen molar-refractivity contribution in [2.45, 2.75) is 19.9 Å². The zero-order valence-electron chi connectivity index (χ0n) is 9.32. The fraction of sp³-hybridized carbons (Fsp3) is 0.273. The van der Waals surface area contributed by atoms with Gasteiger partial charge in [0.25, 0.3) is 0 Å². The number of rotatable bonds is 3. The monoisotopic (exact) mass is 238 g/mol. The van der Waals surface area contributed by atoms with Crippen LogP contribution in [-0.4, -0.2) is 15.0 Å². The molecule has 0 spiro atoms. The second kappa shape index (κ2) is 4.48. The number of aryl methyl sites for hydroxylation is 1. The van der Waals surface area contributed by atoms with Crippen molar-refractivity contribution in [2.75, 3.05) is 5.73 Å². The highest BCUT2D eigenvalue weighted by Gasteiger charge is 2.14. The van der Waals surface area contributed by atoms with E-state index in [9.17, 15) is 8.78 Å². The molecule has 0 unspecified atom stereocenters. The van der Waals surface area contributed by atoms with E-state index in [2.05, 4.69) is 10.3 Å². The van der Waals surface area contributed by atoms with Gasteiger partial charge in [0.2, 0.25) is 0 Å². The van der Waals surface area contributed by atoms with Crippen molar-refractivity contribution in [1.82, 2.24) is 15.0 Å². The molecule has 2 aromatic rings. The van der Waals surface area contributed by atoms with Gasteiger partial charge in [0.15, 0.2) is 0 Å². The fourth-order valence-corrected chi connectivity index (χ4v) is 1.60. The number of benzene rings is 1. The molecular formula is C11H12F2N4. The summed E-state index contributed by atoms with van der Waals surface area (Å²) in [7, 11) is 0. The lowest BCUT2D eigenvalue weighted by atomic mass is 10.1. The van der Waals surface area contributed by atoms with Crippen LogP contribution < -0.4 is 5.73 Å². The third-order valence-electron chi connectivity index (χ3n) is 2.42. The summed E-state index contributed by atoms with van der Waals surface area (Å²) in [4.78, 5) is 0. The lowest BCUT2D eigenvalue weighted by molar-refractivity contribution is 0.575. The van der Waals surface area contributed by atoms with E-state index >= 15 is 0 Å². The summed E-state index contributed by atoms with van der Waals surface area (Å²) < 4.78 is 28.6. The fourth-order valence-electron chi connectivity index (χ4n) is 1.60. The maximum atomic E-state index is 13.7. The molecule has 0 atom stereocenters. The SMILES string of the molecule is CCCn1nncc1-c1cc(F)c(N)cc1F. The second-order valence-electron chi connectivity index (χ2n) is 3.70. The van der Waals surface area contributed by atoms with Crippen LogP contribution in [0.5, 0.6) is 0 Å². The average Bonchev–Trinajstić information content (AvgIpc) is 2.72. The molecule has 90 valence electrons. The Kier molecular flexibility index (Phi) is 3.03. The van der Waals surface area contributed by atoms with Crippen LogP contribution in [0.1, 0.15) is 13.3 Å². The molecule has 1 aromatic carbocycles. The molecule has 0 aliphatic carbocycles. The van der Waals surface area contributed by atoms with Crippen molar-refractivity contribution in [3.63, 3.8) is 0 Å². The normalized spacial score (nSPS) is 10.8. The summed E-state index contributed by atoms with van der Waals surface area (Å²) >= 11 is 0. The Morgan fingerprint density at radius 1 is 1.29 bits per heavy atom. The number of nitrogens with two attached hydrogens (primary N) is 1. The van der Waals surface area contributed by atoms with Gasteiger partial charge < -0.3 is 5.73 Å². The largest absolute Gasteiger partial charge is 0.396 e. The molecule has 0 aliphatic heterocycles. The average molecular weight is 238 g/mol. The van der Waals surface area contributed by atoms with Crippen LogP contribution in [0.25, 0.3) is 11.3 Å². The predicted molar refractivity (Wildman–Crippen MR) is 60.1 cm³/mol. The molecule has 0 fully saturated rings. The van der Waals surface area contributed by atoms with Crippen molar-refractivity contribution in [3.05, 3.63) is 30.0 Å². The Morgan fingerprint density at radius 2 is 2.06 bits per heavy atom. The van der Waals surface area contributed by atoms with E-state index in [1.54, 1.807) is 0 Å². The number of nitrogens with zero attached hydrogens (tertiary/aromatic N) is 3. The van der Waals surface area contributed by atoms with Gasteiger partial charge in [-0.3, -0.25) is 0 Å². The van der Waals surface area contributed by atoms with Gasteiger partial charge in [0.05, 0.1) is 17.6 Å². The molecule has 0 bridgehead atoms. The Hall–Kier alpha value is -1.98. The van der Waals surface area contributed by atoms with Gasteiger partial charge >= 0.3 is 0 Å². The molecule has 0 radical (unpaired) electrons. The molecule has 0 aliphatic rings. The lowest BCUT2D eigenvalue weighted by Crippen LogP contribution is -2.03. The zero-order valence-corrected chi connectivity index (χ0v) is 9.32. The first kappa shape index (κ1) is 11.5. The smallest absolute Gasteiger partial charge is 0.146 e. The van der Waals surface area contributed by atoms with Crippen molar-refractivity contribution in [2.24, 2.45) is 0 Å². The molecule has 6 heteroatoms. The molecule has 4 nitrogen and oxygen atoms in total. The van der Waals surface area contributed by atoms with Gasteiger partial charge in [0.1, 0.15) is 11.6 Å². The second-order valence-corrected chi connectivity index (χ2v) is 3.70. The number of aromatic nitrogens is 3. The molecule has 2 N–H and O–H groups in total. The first-order valence-electron chi connectivity index (χ1n) is 5.27. The molecule has 0 saturated heterocycles. The van der Waals surface area contributed by atoms with Crippen molar-refractivity contribution >= 4 is 5.69 Å². The van der Waals surface area contributed by atoms with Gasteiger partial charge in [-0.1, -0.05) is 12.1 Å². The quantitative estimate of drug-likeness (QED) is 0.834. The first-order valence-corrected chi connectivity index (χ1v) is 5.27. The van der Waals surface area contributed by atoms with Gasteiger partial charge in [-0.15, -0.1) is 5.10 Å². The van der Waals surface area contributed by atoms with Gasteiger partial charge in [-0.2, -0.15) is 0 Å². The third-order valence-corrected chi connectivity index (χ3v) is 2.42. The summed E-state index contributed by atoms with van der Waals surface area (Å²) in [5.74, 6) is -1.23. The van der Waals surface area contributed by atoms with Gasteiger partial charge in [0, 0.05) is 18.2 Å². The van der Waals surface area contributed by atoms with E-state index in [1.807, 2.05) is 6.92 Å². The summed E-state index contributed by atoms with van der Waals surface area (Å²) in [6, 6.07) is 2.03. The minimum atomic E-state index is -0.648. The van der Waals surface area contributed by atoms with Crippen LogP contribution in [0.2, 0.25) is 0 Å². The minimum Gasteiger partial charge on any atom is -0.396 e. The van der Waals surface area contributed by atoms with Crippen LogP contribution in [0.4, 0.5) is 14.5 Å². The molecule has 0 saturated carbocycles. The number of hydrogen-bond acceptors (Lipinski definition) is 3. The summed E-state index contributed by atoms with van der Waals surface area (Å²) in [6.45, 7) is 2.56. The Morgan fingerprint density at radius 3 is 2.76 bits per heavy atom. The van der Waals surface area contributed by atoms with Crippen LogP contribution in [0, 0.1) is 11.6 Å². The molecule has 17 heavy (non-hydrogen) atoms. The molecule has 1 heterocycles. The molecular weight excluding hydrogens is 226 g/mol. The third kappa shape index (κ3) is 2.11. The number of hydrogen-bond donors (Lipinski definition) is 1. The maximum Gasteiger partial charge on any atom is 0.146 e. The molecule has 0 amide bonds. The highest BCUT2D eigenvalue weighted by atomic mass is 19.1. The molecule has 2 rings (SSSR count). The predicted octanol–water partition coefficient (Wildman–Crippen LogP) is 2.22. The highest BCUT2D eigenvalue weighted by molar-refractivity contribution is 5.62. The van der Waals surface area contributed by atoms with Crippen LogP contribution in [0.3, 0.4) is 0 Å². The lowest BCUT2D eigenvalue weighted by Gasteiger charge is -2.07. The van der Waals surface area contributed by atoms with E-state index < -0.39 is 11.6 Å². The maximum absolute atomic E-state index is 13.7. The topological polar surface area (TPSA) is 56.7 Å². The number of anilines is 1. The van der Waals surface area contributed by atoms with E-state index in [0.717, 1.165) is 18.6 Å². The van der Waals surface area contributed by atoms with E-state index in [0.29, 0.717) is 12.2 Å². The van der Waals surface area contributed by atoms with Crippen molar-refractivity contribution < 1.29 is 8.78 Å². The summed E-state index contributed by atoms with van der Waals surface area (Å²) in [5, 5.41) is 7.52. The Bertz CT molecular complexity index is 536. The highest BCUT2D eigenvalue weighted by Crippen LogP contribution is 2.25. The van der Waals surface area contributed by atoms with Gasteiger partial charge in [-0.25, -0.2) is 13.5 Å². The van der Waals surface area contributed by atoms with Crippen LogP contribution in [-0.2, 0) is 6.54 Å². The first-order chi connectivity index (χ1) is 8.13.